The topological polar surface area (TPSA) is 20.3 Å². The SMILES string of the molecule is CCN(CCCCl)C(=O)c1cc(Br)cc(Br)c1. The van der Waals surface area contributed by atoms with Crippen molar-refractivity contribution >= 4 is 49.4 Å². The Hall–Kier alpha value is -0.0600. The number of amides is 1. The van der Waals surface area contributed by atoms with E-state index in [-0.39, 0.29) is 5.91 Å². The van der Waals surface area contributed by atoms with Crippen LogP contribution in [-0.4, -0.2) is 29.8 Å². The first-order valence-corrected chi connectivity index (χ1v) is 7.52. The van der Waals surface area contributed by atoms with Gasteiger partial charge in [0.2, 0.25) is 0 Å². The van der Waals surface area contributed by atoms with E-state index in [0.29, 0.717) is 24.5 Å². The summed E-state index contributed by atoms with van der Waals surface area (Å²) >= 11 is 12.4. The highest BCUT2D eigenvalue weighted by atomic mass is 79.9. The van der Waals surface area contributed by atoms with Crippen molar-refractivity contribution < 1.29 is 4.79 Å². The minimum Gasteiger partial charge on any atom is -0.339 e. The molecule has 0 radical (unpaired) electrons. The van der Waals surface area contributed by atoms with Gasteiger partial charge in [-0.15, -0.1) is 11.6 Å². The fraction of sp³-hybridized carbons (Fsp3) is 0.417. The molecule has 17 heavy (non-hydrogen) atoms. The van der Waals surface area contributed by atoms with Crippen molar-refractivity contribution in [1.29, 1.82) is 0 Å². The Morgan fingerprint density at radius 1 is 1.29 bits per heavy atom. The fourth-order valence-electron chi connectivity index (χ4n) is 1.51. The molecule has 1 amide bonds. The van der Waals surface area contributed by atoms with Crippen LogP contribution in [0.1, 0.15) is 23.7 Å². The molecule has 0 saturated carbocycles. The van der Waals surface area contributed by atoms with Gasteiger partial charge in [-0.1, -0.05) is 31.9 Å². The second-order valence-electron chi connectivity index (χ2n) is 3.59. The van der Waals surface area contributed by atoms with E-state index in [1.54, 1.807) is 4.90 Å². The largest absolute Gasteiger partial charge is 0.339 e. The van der Waals surface area contributed by atoms with Crippen molar-refractivity contribution in [3.05, 3.63) is 32.7 Å². The number of nitrogens with zero attached hydrogens (tertiary/aromatic N) is 1. The van der Waals surface area contributed by atoms with Gasteiger partial charge >= 0.3 is 0 Å². The molecule has 5 heteroatoms. The predicted octanol–water partition coefficient (Wildman–Crippen LogP) is 4.30. The van der Waals surface area contributed by atoms with Crippen molar-refractivity contribution in [1.82, 2.24) is 4.90 Å². The Bertz CT molecular complexity index is 378. The summed E-state index contributed by atoms with van der Waals surface area (Å²) in [5, 5.41) is 0. The smallest absolute Gasteiger partial charge is 0.253 e. The number of hydrogen-bond donors (Lipinski definition) is 0. The maximum Gasteiger partial charge on any atom is 0.253 e. The Morgan fingerprint density at radius 3 is 2.35 bits per heavy atom. The van der Waals surface area contributed by atoms with Crippen LogP contribution in [0.2, 0.25) is 0 Å². The van der Waals surface area contributed by atoms with Crippen molar-refractivity contribution in [3.8, 4) is 0 Å². The molecule has 0 aliphatic carbocycles. The summed E-state index contributed by atoms with van der Waals surface area (Å²) < 4.78 is 1.78. The molecule has 0 aromatic heterocycles. The predicted molar refractivity (Wildman–Crippen MR) is 78.8 cm³/mol. The van der Waals surface area contributed by atoms with E-state index in [1.165, 1.54) is 0 Å². The van der Waals surface area contributed by atoms with Crippen molar-refractivity contribution in [2.75, 3.05) is 19.0 Å². The minimum absolute atomic E-state index is 0.0413. The zero-order valence-electron chi connectivity index (χ0n) is 9.55. The molecule has 94 valence electrons. The van der Waals surface area contributed by atoms with Gasteiger partial charge in [-0.2, -0.15) is 0 Å². The van der Waals surface area contributed by atoms with Crippen molar-refractivity contribution in [2.45, 2.75) is 13.3 Å². The molecule has 1 aromatic carbocycles. The molecule has 1 rings (SSSR count). The Morgan fingerprint density at radius 2 is 1.88 bits per heavy atom. The number of rotatable bonds is 5. The lowest BCUT2D eigenvalue weighted by Crippen LogP contribution is -2.32. The van der Waals surface area contributed by atoms with Gasteiger partial charge in [0.1, 0.15) is 0 Å². The number of alkyl halides is 1. The van der Waals surface area contributed by atoms with Crippen molar-refractivity contribution in [2.24, 2.45) is 0 Å². The van der Waals surface area contributed by atoms with Gasteiger partial charge in [0.25, 0.3) is 5.91 Å². The fourth-order valence-corrected chi connectivity index (χ4v) is 2.93. The molecule has 0 aliphatic heterocycles. The number of hydrogen-bond acceptors (Lipinski definition) is 1. The molecule has 0 bridgehead atoms. The lowest BCUT2D eigenvalue weighted by molar-refractivity contribution is 0.0764. The molecule has 0 fully saturated rings. The number of benzene rings is 1. The van der Waals surface area contributed by atoms with Gasteiger partial charge in [-0.05, 0) is 31.5 Å². The molecule has 0 saturated heterocycles. The average Bonchev–Trinajstić information content (AvgIpc) is 2.28. The first kappa shape index (κ1) is 15.0. The van der Waals surface area contributed by atoms with Crippen LogP contribution < -0.4 is 0 Å². The zero-order valence-corrected chi connectivity index (χ0v) is 13.5. The number of carbonyl (C=O) groups excluding carboxylic acids is 1. The maximum atomic E-state index is 12.2. The molecule has 0 heterocycles. The molecule has 0 spiro atoms. The van der Waals surface area contributed by atoms with E-state index < -0.39 is 0 Å². The summed E-state index contributed by atoms with van der Waals surface area (Å²) in [6.45, 7) is 3.36. The van der Waals surface area contributed by atoms with Crippen LogP contribution in [0.15, 0.2) is 27.1 Å². The number of halogens is 3. The highest BCUT2D eigenvalue weighted by Crippen LogP contribution is 2.21. The quantitative estimate of drug-likeness (QED) is 0.694. The molecular weight excluding hydrogens is 369 g/mol. The van der Waals surface area contributed by atoms with Crippen LogP contribution in [0, 0.1) is 0 Å². The van der Waals surface area contributed by atoms with Crippen LogP contribution in [0.25, 0.3) is 0 Å². The van der Waals surface area contributed by atoms with Gasteiger partial charge in [-0.25, -0.2) is 0 Å². The monoisotopic (exact) mass is 381 g/mol. The van der Waals surface area contributed by atoms with Crippen LogP contribution >= 0.6 is 43.5 Å². The summed E-state index contributed by atoms with van der Waals surface area (Å²) in [5.41, 5.74) is 0.683. The summed E-state index contributed by atoms with van der Waals surface area (Å²) in [7, 11) is 0. The third-order valence-corrected chi connectivity index (χ3v) is 3.52. The van der Waals surface area contributed by atoms with E-state index in [1.807, 2.05) is 25.1 Å². The highest BCUT2D eigenvalue weighted by molar-refractivity contribution is 9.11. The van der Waals surface area contributed by atoms with Gasteiger partial charge in [0.05, 0.1) is 0 Å². The Labute approximate surface area is 124 Å². The van der Waals surface area contributed by atoms with Crippen LogP contribution in [0.4, 0.5) is 0 Å². The molecule has 0 aliphatic rings. The van der Waals surface area contributed by atoms with E-state index in [9.17, 15) is 4.79 Å². The number of carbonyl (C=O) groups is 1. The molecule has 1 aromatic rings. The summed E-state index contributed by atoms with van der Waals surface area (Å²) in [6, 6.07) is 5.57. The van der Waals surface area contributed by atoms with E-state index in [2.05, 4.69) is 31.9 Å². The van der Waals surface area contributed by atoms with Gasteiger partial charge in [0, 0.05) is 33.5 Å². The summed E-state index contributed by atoms with van der Waals surface area (Å²) in [5.74, 6) is 0.617. The lowest BCUT2D eigenvalue weighted by atomic mass is 10.2. The maximum absolute atomic E-state index is 12.2. The summed E-state index contributed by atoms with van der Waals surface area (Å²) in [6.07, 6.45) is 0.816. The Balaban J connectivity index is 2.85. The average molecular weight is 384 g/mol. The van der Waals surface area contributed by atoms with Gasteiger partial charge < -0.3 is 4.90 Å². The minimum atomic E-state index is 0.0413. The molecule has 0 unspecified atom stereocenters. The second kappa shape index (κ2) is 7.39. The van der Waals surface area contributed by atoms with Crippen LogP contribution in [0.5, 0.6) is 0 Å². The Kier molecular flexibility index (Phi) is 6.52. The van der Waals surface area contributed by atoms with E-state index >= 15 is 0 Å². The van der Waals surface area contributed by atoms with Gasteiger partial charge in [0.15, 0.2) is 0 Å². The summed E-state index contributed by atoms with van der Waals surface area (Å²) in [4.78, 5) is 14.0. The molecule has 0 atom stereocenters. The lowest BCUT2D eigenvalue weighted by Gasteiger charge is -2.20. The van der Waals surface area contributed by atoms with Crippen LogP contribution in [-0.2, 0) is 0 Å². The third kappa shape index (κ3) is 4.60. The zero-order chi connectivity index (χ0) is 12.8. The second-order valence-corrected chi connectivity index (χ2v) is 5.79. The normalized spacial score (nSPS) is 10.4. The van der Waals surface area contributed by atoms with E-state index in [4.69, 9.17) is 11.6 Å². The van der Waals surface area contributed by atoms with E-state index in [0.717, 1.165) is 15.4 Å². The van der Waals surface area contributed by atoms with Crippen LogP contribution in [0.3, 0.4) is 0 Å². The van der Waals surface area contributed by atoms with Crippen molar-refractivity contribution in [3.63, 3.8) is 0 Å². The van der Waals surface area contributed by atoms with Gasteiger partial charge in [-0.3, -0.25) is 4.79 Å². The molecule has 2 nitrogen and oxygen atoms in total. The molecule has 0 N–H and O–H groups in total. The third-order valence-electron chi connectivity index (χ3n) is 2.34. The molecular formula is C12H14Br2ClNO. The highest BCUT2D eigenvalue weighted by Gasteiger charge is 2.14. The first-order chi connectivity index (χ1) is 8.08. The standard InChI is InChI=1S/C12H14Br2ClNO/c1-2-16(5-3-4-15)12(17)9-6-10(13)8-11(14)7-9/h6-8H,2-5H2,1H3. The first-order valence-electron chi connectivity index (χ1n) is 5.39.